The second-order valence-electron chi connectivity index (χ2n) is 4.14. The number of fused-ring (bicyclic) bond motifs is 1. The molecule has 0 atom stereocenters. The first-order valence-electron chi connectivity index (χ1n) is 5.88. The Morgan fingerprint density at radius 2 is 2.22 bits per heavy atom. The van der Waals surface area contributed by atoms with E-state index >= 15 is 0 Å². The van der Waals surface area contributed by atoms with Crippen molar-refractivity contribution in [3.05, 3.63) is 47.8 Å². The van der Waals surface area contributed by atoms with E-state index in [1.807, 2.05) is 29.0 Å². The Balaban J connectivity index is 2.11. The number of imidazole rings is 2. The first-order chi connectivity index (χ1) is 8.78. The van der Waals surface area contributed by atoms with Gasteiger partial charge in [0.1, 0.15) is 5.82 Å². The van der Waals surface area contributed by atoms with Crippen molar-refractivity contribution in [2.24, 2.45) is 0 Å². The second-order valence-corrected chi connectivity index (χ2v) is 4.58. The third-order valence-corrected chi connectivity index (χ3v) is 3.22. The number of aryl methyl sites for hydroxylation is 1. The van der Waals surface area contributed by atoms with Gasteiger partial charge in [0.2, 0.25) is 0 Å². The summed E-state index contributed by atoms with van der Waals surface area (Å²) in [6.07, 6.45) is 5.51. The van der Waals surface area contributed by atoms with Gasteiger partial charge in [-0.15, -0.1) is 0 Å². The Kier molecular flexibility index (Phi) is 2.80. The molecule has 2 heterocycles. The van der Waals surface area contributed by atoms with Crippen molar-refractivity contribution in [1.29, 1.82) is 0 Å². The highest BCUT2D eigenvalue weighted by Crippen LogP contribution is 2.21. The molecule has 0 N–H and O–H groups in total. The third-order valence-electron chi connectivity index (χ3n) is 2.99. The van der Waals surface area contributed by atoms with Crippen LogP contribution in [0.15, 0.2) is 36.9 Å². The maximum Gasteiger partial charge on any atom is 0.129 e. The van der Waals surface area contributed by atoms with Gasteiger partial charge in [-0.25, -0.2) is 9.97 Å². The third kappa shape index (κ3) is 1.88. The minimum atomic E-state index is 0.722. The Bertz CT molecular complexity index is 670. The molecular weight excluding hydrogens is 248 g/mol. The Morgan fingerprint density at radius 1 is 1.33 bits per heavy atom. The first kappa shape index (κ1) is 11.3. The highest BCUT2D eigenvalue weighted by Gasteiger charge is 2.10. The molecule has 3 rings (SSSR count). The van der Waals surface area contributed by atoms with Gasteiger partial charge in [-0.2, -0.15) is 0 Å². The van der Waals surface area contributed by atoms with E-state index in [0.717, 1.165) is 35.0 Å². The zero-order valence-corrected chi connectivity index (χ0v) is 10.8. The topological polar surface area (TPSA) is 35.6 Å². The zero-order chi connectivity index (χ0) is 12.5. The fourth-order valence-corrected chi connectivity index (χ4v) is 2.33. The molecule has 0 amide bonds. The molecule has 1 aromatic carbocycles. The largest absolute Gasteiger partial charge is 0.330 e. The number of benzene rings is 1. The van der Waals surface area contributed by atoms with Crippen molar-refractivity contribution in [3.8, 4) is 0 Å². The molecule has 0 saturated carbocycles. The van der Waals surface area contributed by atoms with Crippen molar-refractivity contribution in [2.75, 3.05) is 0 Å². The van der Waals surface area contributed by atoms with E-state index in [1.54, 1.807) is 12.5 Å². The summed E-state index contributed by atoms with van der Waals surface area (Å²) in [5.41, 5.74) is 2.07. The average molecular weight is 261 g/mol. The van der Waals surface area contributed by atoms with Gasteiger partial charge in [0.25, 0.3) is 0 Å². The molecule has 5 heteroatoms. The monoisotopic (exact) mass is 260 g/mol. The Morgan fingerprint density at radius 3 is 2.94 bits per heavy atom. The molecular formula is C13H13ClN4. The minimum Gasteiger partial charge on any atom is -0.330 e. The predicted molar refractivity (Wildman–Crippen MR) is 71.7 cm³/mol. The van der Waals surface area contributed by atoms with Gasteiger partial charge in [0.15, 0.2) is 0 Å². The highest BCUT2D eigenvalue weighted by molar-refractivity contribution is 6.31. The number of aromatic nitrogens is 4. The lowest BCUT2D eigenvalue weighted by atomic mass is 10.3. The molecule has 18 heavy (non-hydrogen) atoms. The number of rotatable bonds is 3. The molecule has 0 radical (unpaired) electrons. The van der Waals surface area contributed by atoms with Crippen LogP contribution in [0.4, 0.5) is 0 Å². The first-order valence-corrected chi connectivity index (χ1v) is 6.26. The molecule has 3 aromatic rings. The Labute approximate surface area is 110 Å². The van der Waals surface area contributed by atoms with E-state index < -0.39 is 0 Å². The molecule has 2 aromatic heterocycles. The highest BCUT2D eigenvalue weighted by atomic mass is 35.5. The van der Waals surface area contributed by atoms with Crippen LogP contribution in [0, 0.1) is 0 Å². The number of halogens is 1. The SMILES string of the molecule is CCn1c(Cn2ccnc2)nc2ccc(Cl)cc21. The molecule has 0 aliphatic rings. The standard InChI is InChI=1S/C13H13ClN4/c1-2-18-12-7-10(14)3-4-11(12)16-13(18)8-17-6-5-15-9-17/h3-7,9H,2,8H2,1H3. The van der Waals surface area contributed by atoms with E-state index in [2.05, 4.69) is 21.5 Å². The average Bonchev–Trinajstić information content (AvgIpc) is 2.96. The molecule has 0 unspecified atom stereocenters. The molecule has 0 bridgehead atoms. The normalized spacial score (nSPS) is 11.2. The van der Waals surface area contributed by atoms with Gasteiger partial charge in [0, 0.05) is 24.0 Å². The van der Waals surface area contributed by atoms with Crippen LogP contribution >= 0.6 is 11.6 Å². The van der Waals surface area contributed by atoms with E-state index in [4.69, 9.17) is 11.6 Å². The molecule has 4 nitrogen and oxygen atoms in total. The van der Waals surface area contributed by atoms with Gasteiger partial charge < -0.3 is 9.13 Å². The van der Waals surface area contributed by atoms with Gasteiger partial charge in [-0.1, -0.05) is 11.6 Å². The minimum absolute atomic E-state index is 0.722. The van der Waals surface area contributed by atoms with Gasteiger partial charge in [0.05, 0.1) is 23.9 Å². The van der Waals surface area contributed by atoms with Crippen LogP contribution in [0.25, 0.3) is 11.0 Å². The van der Waals surface area contributed by atoms with Gasteiger partial charge in [-0.05, 0) is 25.1 Å². The summed E-state index contributed by atoms with van der Waals surface area (Å²) in [4.78, 5) is 8.70. The van der Waals surface area contributed by atoms with Crippen LogP contribution in [0.2, 0.25) is 5.02 Å². The zero-order valence-electron chi connectivity index (χ0n) is 10.0. The lowest BCUT2D eigenvalue weighted by molar-refractivity contribution is 0.663. The Hall–Kier alpha value is -1.81. The van der Waals surface area contributed by atoms with Crippen LogP contribution in [-0.2, 0) is 13.1 Å². The van der Waals surface area contributed by atoms with Gasteiger partial charge >= 0.3 is 0 Å². The summed E-state index contributed by atoms with van der Waals surface area (Å²) in [7, 11) is 0. The van der Waals surface area contributed by atoms with Crippen molar-refractivity contribution in [3.63, 3.8) is 0 Å². The predicted octanol–water partition coefficient (Wildman–Crippen LogP) is 2.95. The van der Waals surface area contributed by atoms with Gasteiger partial charge in [-0.3, -0.25) is 0 Å². The number of nitrogens with zero attached hydrogens (tertiary/aromatic N) is 4. The van der Waals surface area contributed by atoms with Crippen molar-refractivity contribution in [2.45, 2.75) is 20.0 Å². The lowest BCUT2D eigenvalue weighted by Crippen LogP contribution is -2.06. The molecule has 0 spiro atoms. The smallest absolute Gasteiger partial charge is 0.129 e. The number of hydrogen-bond acceptors (Lipinski definition) is 2. The summed E-state index contributed by atoms with van der Waals surface area (Å²) in [6.45, 7) is 3.71. The maximum atomic E-state index is 6.04. The maximum absolute atomic E-state index is 6.04. The van der Waals surface area contributed by atoms with Crippen LogP contribution < -0.4 is 0 Å². The van der Waals surface area contributed by atoms with E-state index in [0.29, 0.717) is 0 Å². The molecule has 0 fully saturated rings. The molecule has 92 valence electrons. The molecule has 0 aliphatic heterocycles. The molecule has 0 aliphatic carbocycles. The summed E-state index contributed by atoms with van der Waals surface area (Å²) in [5, 5.41) is 0.742. The van der Waals surface area contributed by atoms with Crippen LogP contribution in [-0.4, -0.2) is 19.1 Å². The fraction of sp³-hybridized carbons (Fsp3) is 0.231. The quantitative estimate of drug-likeness (QED) is 0.726. The molecule has 0 saturated heterocycles. The summed E-state index contributed by atoms with van der Waals surface area (Å²) >= 11 is 6.04. The van der Waals surface area contributed by atoms with Crippen LogP contribution in [0.1, 0.15) is 12.7 Å². The van der Waals surface area contributed by atoms with Crippen molar-refractivity contribution in [1.82, 2.24) is 19.1 Å². The summed E-state index contributed by atoms with van der Waals surface area (Å²) < 4.78 is 4.19. The van der Waals surface area contributed by atoms with E-state index in [9.17, 15) is 0 Å². The van der Waals surface area contributed by atoms with Crippen molar-refractivity contribution < 1.29 is 0 Å². The van der Waals surface area contributed by atoms with Crippen LogP contribution in [0.5, 0.6) is 0 Å². The fourth-order valence-electron chi connectivity index (χ4n) is 2.16. The summed E-state index contributed by atoms with van der Waals surface area (Å²) in [5.74, 6) is 1.02. The lowest BCUT2D eigenvalue weighted by Gasteiger charge is -2.06. The van der Waals surface area contributed by atoms with E-state index in [1.165, 1.54) is 0 Å². The van der Waals surface area contributed by atoms with E-state index in [-0.39, 0.29) is 0 Å². The second kappa shape index (κ2) is 4.46. The number of hydrogen-bond donors (Lipinski definition) is 0. The van der Waals surface area contributed by atoms with Crippen molar-refractivity contribution >= 4 is 22.6 Å². The van der Waals surface area contributed by atoms with Crippen LogP contribution in [0.3, 0.4) is 0 Å². The summed E-state index contributed by atoms with van der Waals surface area (Å²) in [6, 6.07) is 5.80.